The third-order valence-corrected chi connectivity index (χ3v) is 3.98. The van der Waals surface area contributed by atoms with E-state index in [-0.39, 0.29) is 4.75 Å². The zero-order chi connectivity index (χ0) is 11.9. The minimum absolute atomic E-state index is 0.377. The van der Waals surface area contributed by atoms with E-state index in [1.807, 2.05) is 13.8 Å². The Balaban J connectivity index is 3.78. The fourth-order valence-electron chi connectivity index (χ4n) is 1.25. The van der Waals surface area contributed by atoms with Crippen LogP contribution in [0.15, 0.2) is 0 Å². The van der Waals surface area contributed by atoms with Gasteiger partial charge in [-0.05, 0) is 26.0 Å². The summed E-state index contributed by atoms with van der Waals surface area (Å²) in [5.74, 6) is 0.0783. The van der Waals surface area contributed by atoms with Crippen molar-refractivity contribution in [2.24, 2.45) is 5.73 Å². The molecule has 0 aromatic carbocycles. The predicted molar refractivity (Wildman–Crippen MR) is 66.3 cm³/mol. The van der Waals surface area contributed by atoms with Crippen molar-refractivity contribution >= 4 is 17.7 Å². The highest BCUT2D eigenvalue weighted by Gasteiger charge is 2.32. The van der Waals surface area contributed by atoms with Gasteiger partial charge in [-0.25, -0.2) is 0 Å². The van der Waals surface area contributed by atoms with E-state index in [2.05, 4.69) is 6.92 Å². The number of unbranched alkanes of at least 4 members (excludes halogenated alkanes) is 3. The van der Waals surface area contributed by atoms with Crippen LogP contribution in [0.4, 0.5) is 0 Å². The van der Waals surface area contributed by atoms with E-state index in [0.29, 0.717) is 0 Å². The minimum atomic E-state index is -0.916. The summed E-state index contributed by atoms with van der Waals surface area (Å²) >= 11 is 1.66. The zero-order valence-electron chi connectivity index (χ0n) is 9.95. The summed E-state index contributed by atoms with van der Waals surface area (Å²) in [7, 11) is 0. The first-order valence-electron chi connectivity index (χ1n) is 5.54. The molecule has 0 saturated heterocycles. The summed E-state index contributed by atoms with van der Waals surface area (Å²) in [6.07, 6.45) is 4.85. The molecule has 0 amide bonds. The lowest BCUT2D eigenvalue weighted by Crippen LogP contribution is -2.46. The summed E-state index contributed by atoms with van der Waals surface area (Å²) < 4.78 is -0.377. The molecular formula is C11H23NO2S. The van der Waals surface area contributed by atoms with Gasteiger partial charge in [0.2, 0.25) is 0 Å². The van der Waals surface area contributed by atoms with E-state index >= 15 is 0 Å². The molecule has 0 aliphatic heterocycles. The van der Waals surface area contributed by atoms with Crippen molar-refractivity contribution in [2.75, 3.05) is 5.75 Å². The first-order chi connectivity index (χ1) is 6.91. The Labute approximate surface area is 96.8 Å². The standard InChI is InChI=1S/C11H23NO2S/c1-4-5-6-7-8-15-11(2,3)9(12)10(13)14/h9H,4-8,12H2,1-3H3,(H,13,14)/t9-/m0/s1. The molecule has 3 nitrogen and oxygen atoms in total. The summed E-state index contributed by atoms with van der Waals surface area (Å²) in [6.45, 7) is 5.98. The van der Waals surface area contributed by atoms with Gasteiger partial charge in [-0.3, -0.25) is 4.79 Å². The Bertz CT molecular complexity index is 195. The van der Waals surface area contributed by atoms with Crippen LogP contribution in [0.5, 0.6) is 0 Å². The molecule has 4 heteroatoms. The highest BCUT2D eigenvalue weighted by Crippen LogP contribution is 2.28. The molecule has 0 saturated carbocycles. The summed E-state index contributed by atoms with van der Waals surface area (Å²) in [5.41, 5.74) is 5.61. The minimum Gasteiger partial charge on any atom is -0.480 e. The molecule has 90 valence electrons. The second-order valence-corrected chi connectivity index (χ2v) is 6.08. The molecule has 0 aliphatic carbocycles. The highest BCUT2D eigenvalue weighted by molar-refractivity contribution is 8.00. The number of rotatable bonds is 8. The molecule has 0 aromatic heterocycles. The Morgan fingerprint density at radius 1 is 1.40 bits per heavy atom. The van der Waals surface area contributed by atoms with Crippen LogP contribution in [0, 0.1) is 0 Å². The average molecular weight is 233 g/mol. The zero-order valence-corrected chi connectivity index (χ0v) is 10.8. The molecule has 0 bridgehead atoms. The molecule has 0 fully saturated rings. The van der Waals surface area contributed by atoms with Gasteiger partial charge >= 0.3 is 5.97 Å². The van der Waals surface area contributed by atoms with E-state index in [4.69, 9.17) is 10.8 Å². The number of carboxylic acids is 1. The lowest BCUT2D eigenvalue weighted by molar-refractivity contribution is -0.139. The molecule has 0 heterocycles. The van der Waals surface area contributed by atoms with Gasteiger partial charge in [0.25, 0.3) is 0 Å². The van der Waals surface area contributed by atoms with E-state index in [0.717, 1.165) is 12.2 Å². The Hall–Kier alpha value is -0.220. The number of thioether (sulfide) groups is 1. The quantitative estimate of drug-likeness (QED) is 0.632. The third-order valence-electron chi connectivity index (χ3n) is 2.49. The first-order valence-corrected chi connectivity index (χ1v) is 6.52. The summed E-state index contributed by atoms with van der Waals surface area (Å²) in [5, 5.41) is 8.82. The molecule has 1 atom stereocenters. The van der Waals surface area contributed by atoms with Crippen LogP contribution in [0.3, 0.4) is 0 Å². The Kier molecular flexibility index (Phi) is 7.02. The monoisotopic (exact) mass is 233 g/mol. The van der Waals surface area contributed by atoms with Crippen LogP contribution in [0.2, 0.25) is 0 Å². The lowest BCUT2D eigenvalue weighted by Gasteiger charge is -2.27. The highest BCUT2D eigenvalue weighted by atomic mass is 32.2. The van der Waals surface area contributed by atoms with Gasteiger partial charge in [0.1, 0.15) is 6.04 Å². The second-order valence-electron chi connectivity index (χ2n) is 4.33. The summed E-state index contributed by atoms with van der Waals surface area (Å²) in [4.78, 5) is 10.7. The molecule has 3 N–H and O–H groups in total. The van der Waals surface area contributed by atoms with Gasteiger partial charge in [-0.15, -0.1) is 0 Å². The van der Waals surface area contributed by atoms with E-state index in [9.17, 15) is 4.79 Å². The predicted octanol–water partition coefficient (Wildman–Crippen LogP) is 2.49. The molecule has 0 radical (unpaired) electrons. The maximum absolute atomic E-state index is 10.7. The number of hydrogen-bond acceptors (Lipinski definition) is 3. The fraction of sp³-hybridized carbons (Fsp3) is 0.909. The summed E-state index contributed by atoms with van der Waals surface area (Å²) in [6, 6.07) is -0.784. The topological polar surface area (TPSA) is 63.3 Å². The number of hydrogen-bond donors (Lipinski definition) is 2. The number of nitrogens with two attached hydrogens (primary N) is 1. The number of aliphatic carboxylic acids is 1. The molecule has 15 heavy (non-hydrogen) atoms. The lowest BCUT2D eigenvalue weighted by atomic mass is 10.1. The third kappa shape index (κ3) is 6.05. The van der Waals surface area contributed by atoms with Crippen molar-refractivity contribution in [1.29, 1.82) is 0 Å². The first kappa shape index (κ1) is 14.8. The van der Waals surface area contributed by atoms with Gasteiger partial charge in [0, 0.05) is 4.75 Å². The second kappa shape index (κ2) is 7.12. The van der Waals surface area contributed by atoms with Crippen LogP contribution in [-0.4, -0.2) is 27.6 Å². The normalized spacial score (nSPS) is 13.9. The van der Waals surface area contributed by atoms with Gasteiger partial charge in [-0.1, -0.05) is 26.2 Å². The maximum Gasteiger partial charge on any atom is 0.321 e. The van der Waals surface area contributed by atoms with Crippen molar-refractivity contribution in [3.63, 3.8) is 0 Å². The van der Waals surface area contributed by atoms with Crippen molar-refractivity contribution in [3.05, 3.63) is 0 Å². The van der Waals surface area contributed by atoms with Crippen LogP contribution < -0.4 is 5.73 Å². The molecule has 0 aliphatic rings. The van der Waals surface area contributed by atoms with Crippen molar-refractivity contribution in [2.45, 2.75) is 57.2 Å². The maximum atomic E-state index is 10.7. The van der Waals surface area contributed by atoms with Gasteiger partial charge < -0.3 is 10.8 Å². The Morgan fingerprint density at radius 2 is 2.00 bits per heavy atom. The van der Waals surface area contributed by atoms with Crippen LogP contribution in [0.1, 0.15) is 46.5 Å². The smallest absolute Gasteiger partial charge is 0.321 e. The van der Waals surface area contributed by atoms with E-state index < -0.39 is 12.0 Å². The van der Waals surface area contributed by atoms with Crippen LogP contribution >= 0.6 is 11.8 Å². The molecular weight excluding hydrogens is 210 g/mol. The van der Waals surface area contributed by atoms with Gasteiger partial charge in [0.15, 0.2) is 0 Å². The molecule has 0 rings (SSSR count). The van der Waals surface area contributed by atoms with E-state index in [1.54, 1.807) is 11.8 Å². The van der Waals surface area contributed by atoms with Crippen molar-refractivity contribution < 1.29 is 9.90 Å². The fourth-order valence-corrected chi connectivity index (χ4v) is 2.41. The number of carboxylic acid groups (broad SMARTS) is 1. The van der Waals surface area contributed by atoms with Crippen molar-refractivity contribution in [1.82, 2.24) is 0 Å². The van der Waals surface area contributed by atoms with Crippen LogP contribution in [-0.2, 0) is 4.79 Å². The molecule has 0 spiro atoms. The van der Waals surface area contributed by atoms with Gasteiger partial charge in [0.05, 0.1) is 0 Å². The van der Waals surface area contributed by atoms with Gasteiger partial charge in [-0.2, -0.15) is 11.8 Å². The van der Waals surface area contributed by atoms with Crippen LogP contribution in [0.25, 0.3) is 0 Å². The largest absolute Gasteiger partial charge is 0.480 e. The SMILES string of the molecule is CCCCCCSC(C)(C)[C@@H](N)C(=O)O. The number of carbonyl (C=O) groups is 1. The Morgan fingerprint density at radius 3 is 2.47 bits per heavy atom. The van der Waals surface area contributed by atoms with E-state index in [1.165, 1.54) is 19.3 Å². The average Bonchev–Trinajstić information content (AvgIpc) is 2.16. The van der Waals surface area contributed by atoms with Crippen molar-refractivity contribution in [3.8, 4) is 0 Å². The molecule has 0 aromatic rings. The molecule has 0 unspecified atom stereocenters.